The molecule has 3 N–H and O–H groups in total. The van der Waals surface area contributed by atoms with Crippen molar-refractivity contribution in [3.05, 3.63) is 59.1 Å². The van der Waals surface area contributed by atoms with E-state index in [2.05, 4.69) is 10.6 Å². The molecular weight excluding hydrogens is 455 g/mol. The van der Waals surface area contributed by atoms with Crippen molar-refractivity contribution in [2.24, 2.45) is 0 Å². The fraction of sp³-hybridized carbons (Fsp3) is 0.167. The second kappa shape index (κ2) is 10.4. The Morgan fingerprint density at radius 1 is 1.19 bits per heavy atom. The first-order valence-corrected chi connectivity index (χ1v) is 12.0. The van der Waals surface area contributed by atoms with Crippen LogP contribution in [0.25, 0.3) is 0 Å². The predicted molar refractivity (Wildman–Crippen MR) is 109 cm³/mol. The molecule has 1 atom stereocenters. The van der Waals surface area contributed by atoms with Crippen molar-refractivity contribution in [3.63, 3.8) is 0 Å². The summed E-state index contributed by atoms with van der Waals surface area (Å²) in [7, 11) is 1.35. The van der Waals surface area contributed by atoms with E-state index in [1.54, 1.807) is 37.3 Å². The number of hydrogen-bond acceptors (Lipinski definition) is 4. The van der Waals surface area contributed by atoms with Gasteiger partial charge < -0.3 is 0 Å². The molecule has 0 aliphatic rings. The fourth-order valence-corrected chi connectivity index (χ4v) is 6.40. The van der Waals surface area contributed by atoms with Gasteiger partial charge in [0.1, 0.15) is 0 Å². The van der Waals surface area contributed by atoms with Crippen molar-refractivity contribution in [2.75, 3.05) is 11.9 Å². The summed E-state index contributed by atoms with van der Waals surface area (Å²) in [5.41, 5.74) is 1.18. The average molecular weight is 472 g/mol. The zero-order valence-electron chi connectivity index (χ0n) is 14.3. The van der Waals surface area contributed by atoms with Gasteiger partial charge in [-0.1, -0.05) is 0 Å². The minimum absolute atomic E-state index is 0.252. The Labute approximate surface area is 171 Å². The van der Waals surface area contributed by atoms with E-state index in [4.69, 9.17) is 16.7 Å². The van der Waals surface area contributed by atoms with E-state index in [1.165, 1.54) is 10.2 Å². The Bertz CT molecular complexity index is 835. The first-order chi connectivity index (χ1) is 12.9. The molecule has 27 heavy (non-hydrogen) atoms. The standard InChI is InChI=1S/C18H17ClN2O4SSe/c1-11(17(24)20-10-16(22)23)26-27-15-9-12(19)7-8-14(15)18(25)21-13-5-3-2-4-6-13/h2-9,11H,10H2,1H3,(H,20,24)(H,21,25)(H,22,23). The monoisotopic (exact) mass is 472 g/mol. The van der Waals surface area contributed by atoms with Gasteiger partial charge in [-0.25, -0.2) is 0 Å². The number of benzene rings is 2. The van der Waals surface area contributed by atoms with E-state index in [-0.39, 0.29) is 25.7 Å². The second-order valence-corrected chi connectivity index (χ2v) is 10.1. The van der Waals surface area contributed by atoms with Crippen molar-refractivity contribution >= 4 is 63.5 Å². The number of halogens is 1. The number of amides is 2. The molecule has 9 heteroatoms. The molecule has 0 aliphatic carbocycles. The molecule has 0 fully saturated rings. The van der Waals surface area contributed by atoms with Gasteiger partial charge in [-0.3, -0.25) is 0 Å². The normalized spacial score (nSPS) is 11.5. The van der Waals surface area contributed by atoms with Crippen LogP contribution in [0.2, 0.25) is 5.02 Å². The number of nitrogens with one attached hydrogen (secondary N) is 2. The molecule has 2 rings (SSSR count). The molecule has 0 saturated heterocycles. The van der Waals surface area contributed by atoms with E-state index in [9.17, 15) is 14.4 Å². The minimum atomic E-state index is -1.10. The molecule has 1 unspecified atom stereocenters. The first kappa shape index (κ1) is 21.3. The van der Waals surface area contributed by atoms with Crippen LogP contribution in [0.3, 0.4) is 0 Å². The second-order valence-electron chi connectivity index (χ2n) is 5.39. The third kappa shape index (κ3) is 6.92. The van der Waals surface area contributed by atoms with Crippen LogP contribution < -0.4 is 15.1 Å². The summed E-state index contributed by atoms with van der Waals surface area (Å²) in [4.78, 5) is 35.0. The molecule has 0 saturated carbocycles. The molecule has 0 aliphatic heterocycles. The number of rotatable bonds is 8. The van der Waals surface area contributed by atoms with Crippen molar-refractivity contribution in [1.29, 1.82) is 0 Å². The van der Waals surface area contributed by atoms with E-state index in [0.29, 0.717) is 16.3 Å². The number of carbonyl (C=O) groups is 3. The quantitative estimate of drug-likeness (QED) is 0.513. The Morgan fingerprint density at radius 3 is 2.56 bits per heavy atom. The maximum absolute atomic E-state index is 12.6. The Hall–Kier alpha value is -1.99. The van der Waals surface area contributed by atoms with Crippen LogP contribution in [0.4, 0.5) is 5.69 Å². The number of hydrogen-bond donors (Lipinski definition) is 3. The Morgan fingerprint density at radius 2 is 1.89 bits per heavy atom. The van der Waals surface area contributed by atoms with Gasteiger partial charge in [-0.2, -0.15) is 0 Å². The van der Waals surface area contributed by atoms with Gasteiger partial charge in [0.15, 0.2) is 0 Å². The first-order valence-electron chi connectivity index (χ1n) is 7.85. The van der Waals surface area contributed by atoms with E-state index >= 15 is 0 Å². The zero-order chi connectivity index (χ0) is 19.8. The van der Waals surface area contributed by atoms with Crippen LogP contribution >= 0.6 is 21.8 Å². The number of aliphatic carboxylic acids is 1. The third-order valence-corrected chi connectivity index (χ3v) is 8.56. The van der Waals surface area contributed by atoms with Crippen molar-refractivity contribution < 1.29 is 19.5 Å². The van der Waals surface area contributed by atoms with Crippen molar-refractivity contribution in [3.8, 4) is 0 Å². The molecule has 0 radical (unpaired) electrons. The fourth-order valence-electron chi connectivity index (χ4n) is 1.95. The zero-order valence-corrected chi connectivity index (χ0v) is 17.6. The Balaban J connectivity index is 2.05. The molecule has 2 amide bonds. The summed E-state index contributed by atoms with van der Waals surface area (Å²) in [6, 6.07) is 14.1. The van der Waals surface area contributed by atoms with Crippen LogP contribution in [0, 0.1) is 0 Å². The molecule has 0 bridgehead atoms. The molecule has 6 nitrogen and oxygen atoms in total. The topological polar surface area (TPSA) is 95.5 Å². The van der Waals surface area contributed by atoms with E-state index in [1.807, 2.05) is 18.2 Å². The van der Waals surface area contributed by atoms with Gasteiger partial charge in [-0.15, -0.1) is 0 Å². The molecule has 2 aromatic rings. The SMILES string of the molecule is CC(S[Se]c1cc(Cl)ccc1C(=O)Nc1ccccc1)C(=O)NCC(=O)O. The van der Waals surface area contributed by atoms with Crippen molar-refractivity contribution in [1.82, 2.24) is 5.32 Å². The van der Waals surface area contributed by atoms with Gasteiger partial charge in [-0.05, 0) is 0 Å². The molecule has 0 aromatic heterocycles. The van der Waals surface area contributed by atoms with Crippen molar-refractivity contribution in [2.45, 2.75) is 12.2 Å². The molecule has 0 spiro atoms. The van der Waals surface area contributed by atoms with Gasteiger partial charge >= 0.3 is 172 Å². The van der Waals surface area contributed by atoms with E-state index in [0.717, 1.165) is 4.46 Å². The number of para-hydroxylation sites is 1. The van der Waals surface area contributed by atoms with Gasteiger partial charge in [0.25, 0.3) is 0 Å². The third-order valence-electron chi connectivity index (χ3n) is 3.29. The van der Waals surface area contributed by atoms with E-state index < -0.39 is 17.8 Å². The van der Waals surface area contributed by atoms with Crippen LogP contribution in [0.1, 0.15) is 17.3 Å². The molecule has 2 aromatic carbocycles. The summed E-state index contributed by atoms with van der Waals surface area (Å²) >= 11 is 5.80. The maximum atomic E-state index is 12.6. The summed E-state index contributed by atoms with van der Waals surface area (Å²) in [6.45, 7) is 1.27. The van der Waals surface area contributed by atoms with Crippen LogP contribution in [0.15, 0.2) is 48.5 Å². The Kier molecular flexibility index (Phi) is 8.19. The number of carbonyl (C=O) groups excluding carboxylic acids is 2. The summed E-state index contributed by atoms with van der Waals surface area (Å²) in [5, 5.41) is 13.9. The summed E-state index contributed by atoms with van der Waals surface area (Å²) in [5.74, 6) is -1.71. The number of carboxylic acid groups (broad SMARTS) is 1. The molecule has 0 heterocycles. The van der Waals surface area contributed by atoms with Crippen LogP contribution in [0.5, 0.6) is 0 Å². The summed E-state index contributed by atoms with van der Waals surface area (Å²) < 4.78 is 0.756. The number of carboxylic acids is 1. The molecular formula is C18H17ClN2O4SSe. The molecule has 142 valence electrons. The predicted octanol–water partition coefficient (Wildman–Crippen LogP) is 2.16. The van der Waals surface area contributed by atoms with Gasteiger partial charge in [0.05, 0.1) is 0 Å². The van der Waals surface area contributed by atoms with Crippen LogP contribution in [-0.4, -0.2) is 48.5 Å². The number of anilines is 1. The van der Waals surface area contributed by atoms with Gasteiger partial charge in [0, 0.05) is 0 Å². The van der Waals surface area contributed by atoms with Gasteiger partial charge in [0.2, 0.25) is 0 Å². The van der Waals surface area contributed by atoms with Crippen LogP contribution in [-0.2, 0) is 9.59 Å². The summed E-state index contributed by atoms with van der Waals surface area (Å²) in [6.07, 6.45) is 0. The average Bonchev–Trinajstić information content (AvgIpc) is 2.64.